The van der Waals surface area contributed by atoms with Gasteiger partial charge in [0.25, 0.3) is 5.69 Å². The molecule has 0 spiro atoms. The maximum atomic E-state index is 14.3. The molecule has 0 radical (unpaired) electrons. The molecule has 1 fully saturated rings. The molecule has 0 aliphatic heterocycles. The number of aliphatic carboxylic acids is 1. The Balaban J connectivity index is 0.000000327. The van der Waals surface area contributed by atoms with Gasteiger partial charge in [-0.15, -0.1) is 0 Å². The summed E-state index contributed by atoms with van der Waals surface area (Å²) in [6.07, 6.45) is -4.37. The van der Waals surface area contributed by atoms with E-state index in [4.69, 9.17) is 31.2 Å². The van der Waals surface area contributed by atoms with Crippen LogP contribution in [0.5, 0.6) is 0 Å². The molecule has 18 nitrogen and oxygen atoms in total. The largest absolute Gasteiger partial charge is 0.480 e. The van der Waals surface area contributed by atoms with Gasteiger partial charge in [0.05, 0.1) is 49.4 Å². The van der Waals surface area contributed by atoms with E-state index in [1.54, 1.807) is 13.8 Å². The molecule has 0 atom stereocenters. The van der Waals surface area contributed by atoms with Crippen molar-refractivity contribution in [1.29, 1.82) is 0 Å². The zero-order chi connectivity index (χ0) is 44.7. The predicted octanol–water partition coefficient (Wildman–Crippen LogP) is 5.14. The number of nitrogens with zero attached hydrogens (tertiary/aromatic N) is 3. The van der Waals surface area contributed by atoms with Crippen molar-refractivity contribution < 1.29 is 79.1 Å². The number of hydrogen-bond donors (Lipinski definition) is 4. The highest BCUT2D eigenvalue weighted by Crippen LogP contribution is 2.41. The van der Waals surface area contributed by atoms with Crippen molar-refractivity contribution in [2.75, 3.05) is 19.1 Å². The quantitative estimate of drug-likeness (QED) is 0.0368. The van der Waals surface area contributed by atoms with E-state index in [0.29, 0.717) is 11.1 Å². The lowest BCUT2D eigenvalue weighted by molar-refractivity contribution is -0.385. The summed E-state index contributed by atoms with van der Waals surface area (Å²) in [4.78, 5) is 84.2. The zero-order valence-corrected chi connectivity index (χ0v) is 34.4. The molecule has 58 heavy (non-hydrogen) atoms. The maximum absolute atomic E-state index is 14.3. The van der Waals surface area contributed by atoms with Gasteiger partial charge in [0.2, 0.25) is 0 Å². The minimum atomic E-state index is -4.69. The minimum absolute atomic E-state index is 0.0668. The molecular formula is C32H33BrClF4N4O14PS. The van der Waals surface area contributed by atoms with Gasteiger partial charge in [0, 0.05) is 37.8 Å². The highest BCUT2D eigenvalue weighted by Gasteiger charge is 2.40. The van der Waals surface area contributed by atoms with Crippen LogP contribution >= 0.6 is 35.1 Å². The van der Waals surface area contributed by atoms with E-state index in [1.807, 2.05) is 0 Å². The van der Waals surface area contributed by atoms with Crippen LogP contribution in [0, 0.1) is 21.8 Å². The lowest BCUT2D eigenvalue weighted by Crippen LogP contribution is -2.35. The highest BCUT2D eigenvalue weighted by molar-refractivity contribution is 9.10. The number of aromatic nitrogens is 2. The number of hydrogen-bond acceptors (Lipinski definition) is 13. The molecule has 0 saturated heterocycles. The van der Waals surface area contributed by atoms with E-state index in [2.05, 4.69) is 26.3 Å². The Morgan fingerprint density at radius 1 is 1.14 bits per heavy atom. The van der Waals surface area contributed by atoms with Gasteiger partial charge in [-0.2, -0.15) is 18.3 Å². The lowest BCUT2D eigenvalue weighted by Gasteiger charge is -2.18. The topological polar surface area (TPSA) is 279 Å². The van der Waals surface area contributed by atoms with Crippen molar-refractivity contribution >= 4 is 79.9 Å². The van der Waals surface area contributed by atoms with E-state index in [9.17, 15) is 64.6 Å². The summed E-state index contributed by atoms with van der Waals surface area (Å²) in [5.41, 5.74) is -3.03. The van der Waals surface area contributed by atoms with Crippen LogP contribution in [0.25, 0.3) is 11.3 Å². The normalized spacial score (nSPS) is 13.6. The third-order valence-electron chi connectivity index (χ3n) is 7.34. The number of carbonyl (C=O) groups is 5. The van der Waals surface area contributed by atoms with Crippen molar-refractivity contribution in [2.24, 2.45) is 13.0 Å². The number of esters is 1. The minimum Gasteiger partial charge on any atom is -0.480 e. The number of ketones is 3. The maximum Gasteiger partial charge on any atom is 0.434 e. The van der Waals surface area contributed by atoms with Crippen molar-refractivity contribution in [1.82, 2.24) is 15.1 Å². The molecule has 4 rings (SSSR count). The molecule has 0 unspecified atom stereocenters. The summed E-state index contributed by atoms with van der Waals surface area (Å²) in [5.74, 6) is -6.49. The number of benzene rings is 2. The highest BCUT2D eigenvalue weighted by atomic mass is 79.9. The smallest absolute Gasteiger partial charge is 0.434 e. The number of nitrogens with one attached hydrogen (secondary N) is 1. The summed E-state index contributed by atoms with van der Waals surface area (Å²) < 4.78 is 91.6. The van der Waals surface area contributed by atoms with Crippen LogP contribution in [0.3, 0.4) is 0 Å². The lowest BCUT2D eigenvalue weighted by atomic mass is 9.81. The second kappa shape index (κ2) is 20.0. The third kappa shape index (κ3) is 13.8. The molecule has 0 bridgehead atoms. The fraction of sp³-hybridized carbons (Fsp3) is 0.375. The Labute approximate surface area is 339 Å². The summed E-state index contributed by atoms with van der Waals surface area (Å²) in [7, 11) is -6.71. The summed E-state index contributed by atoms with van der Waals surface area (Å²) in [6.45, 7) is 2.79. The number of nitro benzene ring substituents is 1. The molecule has 2 aromatic carbocycles. The second-order valence-corrected chi connectivity index (χ2v) is 17.2. The first-order valence-electron chi connectivity index (χ1n) is 16.0. The summed E-state index contributed by atoms with van der Waals surface area (Å²) >= 11 is 8.67. The van der Waals surface area contributed by atoms with E-state index in [0.717, 1.165) is 43.6 Å². The summed E-state index contributed by atoms with van der Waals surface area (Å²) in [6, 6.07) is 4.65. The number of aryl methyl sites for hydroxylation is 1. The van der Waals surface area contributed by atoms with E-state index in [1.165, 1.54) is 0 Å². The Morgan fingerprint density at radius 2 is 1.71 bits per heavy atom. The van der Waals surface area contributed by atoms with Gasteiger partial charge in [-0.3, -0.25) is 43.9 Å². The van der Waals surface area contributed by atoms with Gasteiger partial charge in [-0.05, 0) is 60.5 Å². The summed E-state index contributed by atoms with van der Waals surface area (Å²) in [5, 5.41) is 24.7. The third-order valence-corrected chi connectivity index (χ3v) is 10.1. The average molecular weight is 952 g/mol. The molecule has 1 aliphatic rings. The molecule has 4 N–H and O–H groups in total. The number of carbonyl (C=O) groups excluding carboxylic acids is 4. The van der Waals surface area contributed by atoms with Crippen molar-refractivity contribution in [3.8, 4) is 11.3 Å². The first kappa shape index (κ1) is 49.7. The standard InChI is InChI=1S/C15H12BrClF4N2O2.C14H13NO7S.C3H8NO5P/c1-6(2)25-14(24)7-4-8(10(18)5-9(7)17)12-11(16)13(15(19,20)21)23(3)22-12;1-23(21,22)8-5-6-9(10(7-8)15(19)20)14(18)13-11(16)3-2-4-12(13)17;5-3(6)1-4-2-10(7,8)9/h4-6H,1-3H3;5-7,13H,2-4H2,1H3;4H,1-2H2,(H,5,6)(H2,7,8,9). The molecule has 0 amide bonds. The van der Waals surface area contributed by atoms with Crippen LogP contribution in [0.2, 0.25) is 5.02 Å². The molecule has 1 heterocycles. The van der Waals surface area contributed by atoms with E-state index >= 15 is 0 Å². The van der Waals surface area contributed by atoms with Gasteiger partial charge in [0.1, 0.15) is 17.4 Å². The van der Waals surface area contributed by atoms with Crippen LogP contribution in [0.15, 0.2) is 39.7 Å². The number of Topliss-reactive ketones (excluding diaryl/α,β-unsaturated/α-hetero) is 3. The number of ether oxygens (including phenoxy) is 1. The van der Waals surface area contributed by atoms with Gasteiger partial charge in [0.15, 0.2) is 32.9 Å². The van der Waals surface area contributed by atoms with Crippen molar-refractivity contribution in [3.05, 3.63) is 72.6 Å². The number of nitro groups is 1. The van der Waals surface area contributed by atoms with Crippen molar-refractivity contribution in [3.63, 3.8) is 0 Å². The van der Waals surface area contributed by atoms with Gasteiger partial charge in [-0.25, -0.2) is 17.6 Å². The SMILES string of the molecule is CC(C)OC(=O)c1cc(-c2nn(C)c(C(F)(F)F)c2Br)c(F)cc1Cl.CS(=O)(=O)c1ccc(C(=O)C2C(=O)CCCC2=O)c([N+](=O)[O-])c1.O=C(O)CNCP(=O)(O)O. The molecule has 3 aromatic rings. The molecule has 1 aliphatic carbocycles. The number of carboxylic acids is 1. The Morgan fingerprint density at radius 3 is 2.16 bits per heavy atom. The Kier molecular flexibility index (Phi) is 17.1. The number of halogens is 6. The number of carboxylic acid groups (broad SMARTS) is 1. The predicted molar refractivity (Wildman–Crippen MR) is 197 cm³/mol. The molecular weight excluding hydrogens is 919 g/mol. The van der Waals surface area contributed by atoms with Gasteiger partial charge in [-0.1, -0.05) is 11.6 Å². The average Bonchev–Trinajstić information content (AvgIpc) is 3.36. The number of rotatable bonds is 11. The van der Waals surface area contributed by atoms with Crippen LogP contribution in [-0.4, -0.2) is 92.5 Å². The van der Waals surface area contributed by atoms with Crippen LogP contribution in [0.1, 0.15) is 59.5 Å². The number of alkyl halides is 3. The van der Waals surface area contributed by atoms with Crippen LogP contribution < -0.4 is 5.32 Å². The second-order valence-electron chi connectivity index (χ2n) is 12.3. The monoisotopic (exact) mass is 950 g/mol. The molecule has 26 heteroatoms. The van der Waals surface area contributed by atoms with Crippen LogP contribution in [-0.2, 0) is 46.7 Å². The first-order chi connectivity index (χ1) is 26.5. The molecule has 318 valence electrons. The Hall–Kier alpha value is -4.45. The molecule has 1 saturated carbocycles. The molecule has 1 aromatic heterocycles. The number of sulfone groups is 1. The van der Waals surface area contributed by atoms with E-state index < -0.39 is 110 Å². The Bertz CT molecular complexity index is 2270. The van der Waals surface area contributed by atoms with Gasteiger partial charge < -0.3 is 19.6 Å². The fourth-order valence-corrected chi connectivity index (χ4v) is 6.95. The van der Waals surface area contributed by atoms with Crippen LogP contribution in [0.4, 0.5) is 23.2 Å². The van der Waals surface area contributed by atoms with Crippen molar-refractivity contribution in [2.45, 2.75) is 50.3 Å². The van der Waals surface area contributed by atoms with E-state index in [-0.39, 0.29) is 39.6 Å². The zero-order valence-electron chi connectivity index (χ0n) is 30.4. The van der Waals surface area contributed by atoms with Gasteiger partial charge >= 0.3 is 25.7 Å². The first-order valence-corrected chi connectivity index (χ1v) is 20.9. The fourth-order valence-electron chi connectivity index (χ4n) is 4.91.